The number of ether oxygens (including phenoxy) is 1. The van der Waals surface area contributed by atoms with Gasteiger partial charge in [0, 0.05) is 11.3 Å². The molecular weight excluding hydrogens is 274 g/mol. The Bertz CT molecular complexity index is 433. The zero-order valence-corrected chi connectivity index (χ0v) is 11.1. The van der Waals surface area contributed by atoms with Crippen LogP contribution in [0, 0.1) is 0 Å². The van der Waals surface area contributed by atoms with Crippen LogP contribution in [0.3, 0.4) is 0 Å². The van der Waals surface area contributed by atoms with E-state index in [1.807, 2.05) is 0 Å². The van der Waals surface area contributed by atoms with Gasteiger partial charge in [0.15, 0.2) is 4.93 Å². The summed E-state index contributed by atoms with van der Waals surface area (Å²) in [6.07, 6.45) is -3.76. The number of rotatable bonds is 2. The SMILES string of the molecule is Nc1ccccc1[C@@]1(SS)OC[C@@H](O)[C@H](O)[C@H]1O. The molecule has 1 aromatic rings. The first kappa shape index (κ1) is 14.0. The molecular formula is C11H15NO4S2. The number of hydrogen-bond donors (Lipinski definition) is 5. The molecule has 0 saturated carbocycles. The number of nitrogens with two attached hydrogens (primary N) is 1. The van der Waals surface area contributed by atoms with Crippen LogP contribution in [0.15, 0.2) is 24.3 Å². The first-order valence-corrected chi connectivity index (χ1v) is 7.25. The van der Waals surface area contributed by atoms with E-state index in [0.29, 0.717) is 11.3 Å². The molecule has 1 aliphatic heterocycles. The second-order valence-electron chi connectivity index (χ2n) is 4.16. The van der Waals surface area contributed by atoms with Crippen molar-refractivity contribution < 1.29 is 20.1 Å². The fourth-order valence-corrected chi connectivity index (χ4v) is 3.44. The summed E-state index contributed by atoms with van der Waals surface area (Å²) >= 11 is 4.12. The van der Waals surface area contributed by atoms with Crippen LogP contribution in [0.2, 0.25) is 0 Å². The summed E-state index contributed by atoms with van der Waals surface area (Å²) < 4.78 is 5.52. The van der Waals surface area contributed by atoms with E-state index in [1.165, 1.54) is 0 Å². The van der Waals surface area contributed by atoms with E-state index in [0.717, 1.165) is 10.8 Å². The lowest BCUT2D eigenvalue weighted by molar-refractivity contribution is -0.203. The monoisotopic (exact) mass is 289 g/mol. The van der Waals surface area contributed by atoms with Crippen LogP contribution in [0.1, 0.15) is 5.56 Å². The van der Waals surface area contributed by atoms with E-state index in [1.54, 1.807) is 24.3 Å². The Kier molecular flexibility index (Phi) is 4.10. The number of hydrogen-bond acceptors (Lipinski definition) is 7. The second kappa shape index (κ2) is 5.28. The zero-order chi connectivity index (χ0) is 13.3. The van der Waals surface area contributed by atoms with Gasteiger partial charge < -0.3 is 25.8 Å². The van der Waals surface area contributed by atoms with Gasteiger partial charge in [-0.05, 0) is 6.07 Å². The Balaban J connectivity index is 2.46. The van der Waals surface area contributed by atoms with Crippen molar-refractivity contribution in [1.29, 1.82) is 0 Å². The quantitative estimate of drug-likeness (QED) is 0.301. The fraction of sp³-hybridized carbons (Fsp3) is 0.455. The van der Waals surface area contributed by atoms with E-state index in [-0.39, 0.29) is 6.61 Å². The molecule has 1 aliphatic rings. The lowest BCUT2D eigenvalue weighted by Crippen LogP contribution is -2.57. The Labute approximate surface area is 114 Å². The molecule has 1 heterocycles. The topological polar surface area (TPSA) is 95.9 Å². The summed E-state index contributed by atoms with van der Waals surface area (Å²) in [5.74, 6) is 0. The highest BCUT2D eigenvalue weighted by Crippen LogP contribution is 2.48. The molecule has 4 atom stereocenters. The summed E-state index contributed by atoms with van der Waals surface area (Å²) in [6.45, 7) is -0.0971. The lowest BCUT2D eigenvalue weighted by atomic mass is 9.93. The molecule has 0 aromatic heterocycles. The number of anilines is 1. The molecule has 18 heavy (non-hydrogen) atoms. The van der Waals surface area contributed by atoms with Crippen molar-refractivity contribution in [2.24, 2.45) is 0 Å². The Hall–Kier alpha value is -0.440. The van der Waals surface area contributed by atoms with Crippen LogP contribution in [0.25, 0.3) is 0 Å². The van der Waals surface area contributed by atoms with Gasteiger partial charge in [-0.25, -0.2) is 0 Å². The van der Waals surface area contributed by atoms with E-state index in [9.17, 15) is 15.3 Å². The largest absolute Gasteiger partial charge is 0.398 e. The van der Waals surface area contributed by atoms with Crippen molar-refractivity contribution in [2.75, 3.05) is 12.3 Å². The van der Waals surface area contributed by atoms with Crippen molar-refractivity contribution in [3.63, 3.8) is 0 Å². The van der Waals surface area contributed by atoms with Gasteiger partial charge in [-0.3, -0.25) is 0 Å². The summed E-state index contributed by atoms with van der Waals surface area (Å²) in [5.41, 5.74) is 6.84. The number of nitrogen functional groups attached to an aromatic ring is 1. The number of aliphatic hydroxyl groups is 3. The standard InChI is InChI=1S/C11H15NO4S2/c12-7-4-2-1-3-6(7)11(18-17)10(15)9(14)8(13)5-16-11/h1-4,8-10,13-15,17H,5,12H2/t8-,9+,10-,11+/m1/s1. The molecule has 1 saturated heterocycles. The molecule has 0 spiro atoms. The molecule has 1 aromatic carbocycles. The molecule has 0 radical (unpaired) electrons. The molecule has 0 bridgehead atoms. The third kappa shape index (κ3) is 2.11. The highest BCUT2D eigenvalue weighted by atomic mass is 33.1. The first-order chi connectivity index (χ1) is 8.53. The van der Waals surface area contributed by atoms with Crippen LogP contribution >= 0.6 is 22.5 Å². The van der Waals surface area contributed by atoms with Crippen molar-refractivity contribution in [3.05, 3.63) is 29.8 Å². The van der Waals surface area contributed by atoms with Gasteiger partial charge in [-0.15, -0.1) is 11.7 Å². The number of para-hydroxylation sites is 1. The van der Waals surface area contributed by atoms with Crippen LogP contribution in [-0.4, -0.2) is 40.2 Å². The third-order valence-electron chi connectivity index (χ3n) is 3.05. The molecule has 5 nitrogen and oxygen atoms in total. The fourth-order valence-electron chi connectivity index (χ4n) is 2.01. The maximum Gasteiger partial charge on any atom is 0.179 e. The van der Waals surface area contributed by atoms with Gasteiger partial charge >= 0.3 is 0 Å². The van der Waals surface area contributed by atoms with Crippen molar-refractivity contribution in [1.82, 2.24) is 0 Å². The molecule has 5 N–H and O–H groups in total. The molecule has 0 amide bonds. The highest BCUT2D eigenvalue weighted by molar-refractivity contribution is 8.68. The second-order valence-corrected chi connectivity index (χ2v) is 5.50. The van der Waals surface area contributed by atoms with Crippen LogP contribution in [-0.2, 0) is 9.67 Å². The zero-order valence-electron chi connectivity index (χ0n) is 9.43. The maximum absolute atomic E-state index is 10.2. The summed E-state index contributed by atoms with van der Waals surface area (Å²) in [6, 6.07) is 6.89. The summed E-state index contributed by atoms with van der Waals surface area (Å²) in [4.78, 5) is -1.28. The van der Waals surface area contributed by atoms with Gasteiger partial charge in [-0.2, -0.15) is 0 Å². The average Bonchev–Trinajstić information content (AvgIpc) is 2.38. The molecule has 0 unspecified atom stereocenters. The van der Waals surface area contributed by atoms with Crippen molar-refractivity contribution >= 4 is 28.1 Å². The number of benzene rings is 1. The smallest absolute Gasteiger partial charge is 0.179 e. The molecule has 2 rings (SSSR count). The molecule has 7 heteroatoms. The van der Waals surface area contributed by atoms with Gasteiger partial charge in [-0.1, -0.05) is 29.0 Å². The van der Waals surface area contributed by atoms with Gasteiger partial charge in [0.1, 0.15) is 18.3 Å². The molecule has 1 fully saturated rings. The van der Waals surface area contributed by atoms with E-state index in [2.05, 4.69) is 11.7 Å². The number of aliphatic hydroxyl groups excluding tert-OH is 3. The molecule has 100 valence electrons. The third-order valence-corrected chi connectivity index (χ3v) is 4.71. The summed E-state index contributed by atoms with van der Waals surface area (Å²) in [5, 5.41) is 29.5. The van der Waals surface area contributed by atoms with Gasteiger partial charge in [0.2, 0.25) is 0 Å². The van der Waals surface area contributed by atoms with E-state index >= 15 is 0 Å². The van der Waals surface area contributed by atoms with Crippen LogP contribution < -0.4 is 5.73 Å². The van der Waals surface area contributed by atoms with Crippen molar-refractivity contribution in [2.45, 2.75) is 23.2 Å². The van der Waals surface area contributed by atoms with Crippen molar-refractivity contribution in [3.8, 4) is 0 Å². The highest BCUT2D eigenvalue weighted by Gasteiger charge is 2.51. The average molecular weight is 289 g/mol. The number of thiol groups is 1. The predicted octanol–water partition coefficient (Wildman–Crippen LogP) is 0.112. The van der Waals surface area contributed by atoms with Gasteiger partial charge in [0.25, 0.3) is 0 Å². The van der Waals surface area contributed by atoms with Gasteiger partial charge in [0.05, 0.1) is 6.61 Å². The minimum Gasteiger partial charge on any atom is -0.398 e. The lowest BCUT2D eigenvalue weighted by Gasteiger charge is -2.44. The predicted molar refractivity (Wildman–Crippen MR) is 73.1 cm³/mol. The molecule has 0 aliphatic carbocycles. The Morgan fingerprint density at radius 3 is 2.61 bits per heavy atom. The van der Waals surface area contributed by atoms with Crippen LogP contribution in [0.5, 0.6) is 0 Å². The first-order valence-electron chi connectivity index (χ1n) is 5.38. The Morgan fingerprint density at radius 1 is 1.33 bits per heavy atom. The normalized spacial score (nSPS) is 36.6. The Morgan fingerprint density at radius 2 is 2.00 bits per heavy atom. The maximum atomic E-state index is 10.2. The van der Waals surface area contributed by atoms with E-state index in [4.69, 9.17) is 10.5 Å². The van der Waals surface area contributed by atoms with Crippen LogP contribution in [0.4, 0.5) is 5.69 Å². The minimum absolute atomic E-state index is 0.0971. The minimum atomic E-state index is -1.33. The summed E-state index contributed by atoms with van der Waals surface area (Å²) in [7, 11) is 0.945. The van der Waals surface area contributed by atoms with E-state index < -0.39 is 23.2 Å².